The van der Waals surface area contributed by atoms with E-state index in [1.54, 1.807) is 12.1 Å². The van der Waals surface area contributed by atoms with E-state index in [-0.39, 0.29) is 24.3 Å². The van der Waals surface area contributed by atoms with Crippen LogP contribution in [0.3, 0.4) is 0 Å². The van der Waals surface area contributed by atoms with Gasteiger partial charge < -0.3 is 10.5 Å². The Kier molecular flexibility index (Phi) is 5.50. The van der Waals surface area contributed by atoms with Crippen LogP contribution in [0, 0.1) is 5.82 Å². The van der Waals surface area contributed by atoms with Gasteiger partial charge in [0.2, 0.25) is 0 Å². The predicted octanol–water partition coefficient (Wildman–Crippen LogP) is 2.67. The van der Waals surface area contributed by atoms with Crippen LogP contribution in [0.5, 0.6) is 5.75 Å². The third-order valence-electron chi connectivity index (χ3n) is 2.05. The van der Waals surface area contributed by atoms with Crippen LogP contribution in [-0.4, -0.2) is 7.11 Å². The summed E-state index contributed by atoms with van der Waals surface area (Å²) in [6.45, 7) is 1.92. The molecule has 0 spiro atoms. The quantitative estimate of drug-likeness (QED) is 0.849. The summed E-state index contributed by atoms with van der Waals surface area (Å²) < 4.78 is 18.2. The van der Waals surface area contributed by atoms with E-state index in [2.05, 4.69) is 0 Å². The summed E-state index contributed by atoms with van der Waals surface area (Å²) >= 11 is 0. The van der Waals surface area contributed by atoms with Gasteiger partial charge in [0.05, 0.1) is 7.11 Å². The Morgan fingerprint density at radius 2 is 2.14 bits per heavy atom. The molecule has 2 nitrogen and oxygen atoms in total. The summed E-state index contributed by atoms with van der Waals surface area (Å²) in [7, 11) is 1.51. The van der Waals surface area contributed by atoms with E-state index in [1.807, 2.05) is 6.92 Å². The van der Waals surface area contributed by atoms with Crippen molar-refractivity contribution < 1.29 is 9.13 Å². The van der Waals surface area contributed by atoms with E-state index in [0.717, 1.165) is 6.42 Å². The fourth-order valence-corrected chi connectivity index (χ4v) is 1.16. The van der Waals surface area contributed by atoms with Gasteiger partial charge in [0, 0.05) is 17.7 Å². The molecule has 0 amide bonds. The summed E-state index contributed by atoms with van der Waals surface area (Å²) in [6, 6.07) is 4.51. The fourth-order valence-electron chi connectivity index (χ4n) is 1.16. The first-order chi connectivity index (χ1) is 6.19. The highest BCUT2D eigenvalue weighted by Crippen LogP contribution is 2.21. The zero-order valence-corrected chi connectivity index (χ0v) is 9.10. The molecule has 0 heterocycles. The second-order valence-corrected chi connectivity index (χ2v) is 2.90. The summed E-state index contributed by atoms with van der Waals surface area (Å²) in [5.74, 6) is 0.221. The number of ether oxygens (including phenoxy) is 1. The van der Waals surface area contributed by atoms with E-state index in [4.69, 9.17) is 10.5 Å². The van der Waals surface area contributed by atoms with E-state index in [0.29, 0.717) is 11.3 Å². The van der Waals surface area contributed by atoms with Crippen LogP contribution in [-0.2, 0) is 0 Å². The van der Waals surface area contributed by atoms with E-state index < -0.39 is 0 Å². The maximum Gasteiger partial charge on any atom is 0.131 e. The molecule has 0 saturated heterocycles. The molecular weight excluding hydrogens is 205 g/mol. The standard InChI is InChI=1S/C10H14FNO.ClH/c1-3-10(12)8-5-4-7(13-2)6-9(8)11;/h4-6,10H,3,12H2,1-2H3;1H/t10-;/m1./s1. The Morgan fingerprint density at radius 1 is 1.50 bits per heavy atom. The van der Waals surface area contributed by atoms with E-state index in [9.17, 15) is 4.39 Å². The number of rotatable bonds is 3. The molecule has 0 aromatic heterocycles. The molecule has 0 unspecified atom stereocenters. The van der Waals surface area contributed by atoms with Gasteiger partial charge in [-0.2, -0.15) is 0 Å². The maximum atomic E-state index is 13.3. The van der Waals surface area contributed by atoms with Crippen molar-refractivity contribution in [2.75, 3.05) is 7.11 Å². The molecule has 1 atom stereocenters. The number of nitrogens with two attached hydrogens (primary N) is 1. The molecule has 0 fully saturated rings. The van der Waals surface area contributed by atoms with Crippen molar-refractivity contribution in [3.05, 3.63) is 29.6 Å². The van der Waals surface area contributed by atoms with Crippen molar-refractivity contribution in [1.29, 1.82) is 0 Å². The van der Waals surface area contributed by atoms with E-state index in [1.165, 1.54) is 13.2 Å². The molecule has 4 heteroatoms. The zero-order chi connectivity index (χ0) is 9.84. The lowest BCUT2D eigenvalue weighted by molar-refractivity contribution is 0.410. The molecule has 1 aromatic carbocycles. The molecule has 0 aliphatic carbocycles. The van der Waals surface area contributed by atoms with Gasteiger partial charge in [-0.3, -0.25) is 0 Å². The zero-order valence-electron chi connectivity index (χ0n) is 8.29. The van der Waals surface area contributed by atoms with Crippen LogP contribution < -0.4 is 10.5 Å². The Balaban J connectivity index is 0.00000169. The molecule has 0 aliphatic rings. The molecule has 1 rings (SSSR count). The molecule has 0 bridgehead atoms. The van der Waals surface area contributed by atoms with Gasteiger partial charge in [-0.25, -0.2) is 4.39 Å². The monoisotopic (exact) mass is 219 g/mol. The van der Waals surface area contributed by atoms with Crippen LogP contribution in [0.25, 0.3) is 0 Å². The molecule has 0 saturated carbocycles. The van der Waals surface area contributed by atoms with Crippen LogP contribution in [0.2, 0.25) is 0 Å². The Bertz CT molecular complexity index is 293. The summed E-state index contributed by atoms with van der Waals surface area (Å²) in [5.41, 5.74) is 6.25. The lowest BCUT2D eigenvalue weighted by Crippen LogP contribution is -2.10. The Morgan fingerprint density at radius 3 is 2.57 bits per heavy atom. The second-order valence-electron chi connectivity index (χ2n) is 2.90. The molecule has 80 valence electrons. The smallest absolute Gasteiger partial charge is 0.131 e. The predicted molar refractivity (Wildman–Crippen MR) is 57.4 cm³/mol. The summed E-state index contributed by atoms with van der Waals surface area (Å²) in [5, 5.41) is 0. The van der Waals surface area contributed by atoms with Gasteiger partial charge in [0.15, 0.2) is 0 Å². The molecule has 0 radical (unpaired) electrons. The Hall–Kier alpha value is -0.800. The molecular formula is C10H15ClFNO. The van der Waals surface area contributed by atoms with Gasteiger partial charge >= 0.3 is 0 Å². The highest BCUT2D eigenvalue weighted by atomic mass is 35.5. The van der Waals surface area contributed by atoms with Crippen molar-refractivity contribution in [3.8, 4) is 5.75 Å². The Labute approximate surface area is 89.7 Å². The van der Waals surface area contributed by atoms with Gasteiger partial charge in [-0.15, -0.1) is 12.4 Å². The minimum Gasteiger partial charge on any atom is -0.497 e. The van der Waals surface area contributed by atoms with Crippen LogP contribution in [0.4, 0.5) is 4.39 Å². The molecule has 2 N–H and O–H groups in total. The maximum absolute atomic E-state index is 13.3. The van der Waals surface area contributed by atoms with Gasteiger partial charge in [-0.1, -0.05) is 13.0 Å². The lowest BCUT2D eigenvalue weighted by Gasteiger charge is -2.10. The normalized spacial score (nSPS) is 11.7. The summed E-state index contributed by atoms with van der Waals surface area (Å²) in [6.07, 6.45) is 0.725. The second kappa shape index (κ2) is 5.83. The summed E-state index contributed by atoms with van der Waals surface area (Å²) in [4.78, 5) is 0. The number of halogens is 2. The highest BCUT2D eigenvalue weighted by molar-refractivity contribution is 5.85. The minimum absolute atomic E-state index is 0. The largest absolute Gasteiger partial charge is 0.497 e. The number of hydrogen-bond acceptors (Lipinski definition) is 2. The topological polar surface area (TPSA) is 35.2 Å². The fraction of sp³-hybridized carbons (Fsp3) is 0.400. The van der Waals surface area contributed by atoms with Crippen molar-refractivity contribution in [2.24, 2.45) is 5.73 Å². The lowest BCUT2D eigenvalue weighted by atomic mass is 10.0. The molecule has 1 aromatic rings. The minimum atomic E-state index is -0.297. The number of methoxy groups -OCH3 is 1. The van der Waals surface area contributed by atoms with Crippen molar-refractivity contribution in [3.63, 3.8) is 0 Å². The van der Waals surface area contributed by atoms with Crippen LogP contribution in [0.15, 0.2) is 18.2 Å². The van der Waals surface area contributed by atoms with Crippen LogP contribution in [0.1, 0.15) is 24.9 Å². The first kappa shape index (κ1) is 13.2. The van der Waals surface area contributed by atoms with Crippen molar-refractivity contribution in [1.82, 2.24) is 0 Å². The first-order valence-electron chi connectivity index (χ1n) is 4.28. The number of hydrogen-bond donors (Lipinski definition) is 1. The van der Waals surface area contributed by atoms with Gasteiger partial charge in [0.25, 0.3) is 0 Å². The molecule has 14 heavy (non-hydrogen) atoms. The highest BCUT2D eigenvalue weighted by Gasteiger charge is 2.09. The third-order valence-corrected chi connectivity index (χ3v) is 2.05. The first-order valence-corrected chi connectivity index (χ1v) is 4.28. The van der Waals surface area contributed by atoms with Gasteiger partial charge in [0.1, 0.15) is 11.6 Å². The van der Waals surface area contributed by atoms with Crippen molar-refractivity contribution in [2.45, 2.75) is 19.4 Å². The number of benzene rings is 1. The SMILES string of the molecule is CC[C@@H](N)c1ccc(OC)cc1F.Cl. The van der Waals surface area contributed by atoms with Crippen molar-refractivity contribution >= 4 is 12.4 Å². The van der Waals surface area contributed by atoms with Crippen LogP contribution >= 0.6 is 12.4 Å². The molecule has 0 aliphatic heterocycles. The average molecular weight is 220 g/mol. The van der Waals surface area contributed by atoms with Gasteiger partial charge in [-0.05, 0) is 12.5 Å². The van der Waals surface area contributed by atoms with E-state index >= 15 is 0 Å². The average Bonchev–Trinajstić information content (AvgIpc) is 2.16. The third kappa shape index (κ3) is 2.86.